The Morgan fingerprint density at radius 1 is 1.11 bits per heavy atom. The molecule has 1 heteroatoms. The number of rotatable bonds is 6. The molecule has 0 spiro atoms. The van der Waals surface area contributed by atoms with Crippen molar-refractivity contribution in [2.24, 2.45) is 0 Å². The fraction of sp³-hybridized carbons (Fsp3) is 1.00. The lowest BCUT2D eigenvalue weighted by Gasteiger charge is -1.99. The van der Waals surface area contributed by atoms with Crippen LogP contribution in [0.5, 0.6) is 0 Å². The fourth-order valence-corrected chi connectivity index (χ4v) is 0.802. The number of hydrogen-bond acceptors (Lipinski definition) is 1. The SMILES string of the molecule is CCCCCNCCC.[2HH].[2H][2H]. The molecule has 0 saturated carbocycles. The maximum atomic E-state index is 5.00. The second-order valence-electron chi connectivity index (χ2n) is 2.46. The molecule has 0 heterocycles. The number of hydrogen-bond donors (Lipinski definition) is 1. The summed E-state index contributed by atoms with van der Waals surface area (Å²) in [5.41, 5.74) is 0. The van der Waals surface area contributed by atoms with Crippen molar-refractivity contribution < 1.29 is 4.40 Å². The topological polar surface area (TPSA) is 12.0 Å². The minimum absolute atomic E-state index is 0. The minimum atomic E-state index is 0. The lowest BCUT2D eigenvalue weighted by Crippen LogP contribution is -2.15. The second-order valence-corrected chi connectivity index (χ2v) is 2.46. The third-order valence-corrected chi connectivity index (χ3v) is 1.38. The van der Waals surface area contributed by atoms with Gasteiger partial charge in [-0.3, -0.25) is 0 Å². The zero-order valence-electron chi connectivity index (χ0n) is 8.74. The zero-order valence-corrected chi connectivity index (χ0v) is 6.74. The van der Waals surface area contributed by atoms with Crippen LogP contribution < -0.4 is 5.32 Å². The Hall–Kier alpha value is -0.0400. The summed E-state index contributed by atoms with van der Waals surface area (Å²) in [4.78, 5) is 0. The van der Waals surface area contributed by atoms with E-state index in [0.29, 0.717) is 0 Å². The molecular formula is C8H23N. The maximum Gasteiger partial charge on any atom is 0 e. The van der Waals surface area contributed by atoms with Crippen LogP contribution in [0.4, 0.5) is 0 Å². The van der Waals surface area contributed by atoms with E-state index >= 15 is 0 Å². The molecule has 0 aromatic rings. The van der Waals surface area contributed by atoms with Gasteiger partial charge in [-0.2, -0.15) is 0 Å². The van der Waals surface area contributed by atoms with Crippen LogP contribution in [0.15, 0.2) is 0 Å². The van der Waals surface area contributed by atoms with Crippen molar-refractivity contribution in [1.82, 2.24) is 5.32 Å². The van der Waals surface area contributed by atoms with Crippen LogP contribution in [0.25, 0.3) is 0 Å². The van der Waals surface area contributed by atoms with Gasteiger partial charge in [0.2, 0.25) is 0 Å². The Morgan fingerprint density at radius 3 is 2.44 bits per heavy atom. The van der Waals surface area contributed by atoms with E-state index in [2.05, 4.69) is 19.2 Å². The Kier molecular flexibility index (Phi) is 6.25. The molecule has 1 nitrogen and oxygen atoms in total. The molecule has 0 saturated heterocycles. The van der Waals surface area contributed by atoms with Gasteiger partial charge in [0.25, 0.3) is 0 Å². The Labute approximate surface area is 63.4 Å². The summed E-state index contributed by atoms with van der Waals surface area (Å²) in [6.45, 7) is 6.83. The summed E-state index contributed by atoms with van der Waals surface area (Å²) in [5, 5.41) is 3.37. The molecule has 0 aliphatic carbocycles. The van der Waals surface area contributed by atoms with Gasteiger partial charge in [0.15, 0.2) is 0 Å². The van der Waals surface area contributed by atoms with E-state index < -0.39 is 0 Å². The lowest BCUT2D eigenvalue weighted by molar-refractivity contribution is 0.611. The highest BCUT2D eigenvalue weighted by molar-refractivity contribution is 4.45. The predicted octanol–water partition coefficient (Wildman–Crippen LogP) is 2.67. The highest BCUT2D eigenvalue weighted by atomic mass is 14.8. The molecule has 0 aliphatic heterocycles. The van der Waals surface area contributed by atoms with Crippen molar-refractivity contribution in [2.75, 3.05) is 13.1 Å². The molecule has 0 bridgehead atoms. The smallest absolute Gasteiger partial charge is 0 e. The Morgan fingerprint density at radius 2 is 1.89 bits per heavy atom. The summed E-state index contributed by atoms with van der Waals surface area (Å²) in [7, 11) is 0. The molecule has 1 N–H and O–H groups in total. The van der Waals surface area contributed by atoms with Gasteiger partial charge in [-0.1, -0.05) is 26.7 Å². The van der Waals surface area contributed by atoms with Crippen molar-refractivity contribution in [1.29, 1.82) is 0 Å². The molecule has 60 valence electrons. The number of nitrogens with one attached hydrogen (secondary N) is 1. The third-order valence-electron chi connectivity index (χ3n) is 1.38. The minimum Gasteiger partial charge on any atom is -0.317 e. The maximum absolute atomic E-state index is 5.00. The molecule has 0 atom stereocenters. The van der Waals surface area contributed by atoms with Gasteiger partial charge >= 0.3 is 0 Å². The van der Waals surface area contributed by atoms with E-state index in [1.54, 1.807) is 0 Å². The van der Waals surface area contributed by atoms with Crippen LogP contribution in [0, 0.1) is 0 Å². The van der Waals surface area contributed by atoms with E-state index in [4.69, 9.17) is 2.97 Å². The summed E-state index contributed by atoms with van der Waals surface area (Å²) in [6, 6.07) is 0. The van der Waals surface area contributed by atoms with Gasteiger partial charge < -0.3 is 5.32 Å². The lowest BCUT2D eigenvalue weighted by atomic mass is 10.2. The van der Waals surface area contributed by atoms with E-state index in [-0.39, 0.29) is 1.43 Å². The molecule has 0 aromatic carbocycles. The monoisotopic (exact) mass is 136 g/mol. The van der Waals surface area contributed by atoms with E-state index in [9.17, 15) is 0 Å². The second kappa shape index (κ2) is 7.96. The quantitative estimate of drug-likeness (QED) is 0.554. The Bertz CT molecular complexity index is 47.6. The van der Waals surface area contributed by atoms with E-state index in [0.717, 1.165) is 0 Å². The van der Waals surface area contributed by atoms with Crippen LogP contribution in [-0.4, -0.2) is 13.1 Å². The molecule has 0 aliphatic rings. The largest absolute Gasteiger partial charge is 0.317 e. The normalized spacial score (nSPS) is 10.9. The summed E-state index contributed by atoms with van der Waals surface area (Å²) < 4.78 is 10.0. The highest BCUT2D eigenvalue weighted by Gasteiger charge is 1.83. The average Bonchev–Trinajstić information content (AvgIpc) is 2.08. The van der Waals surface area contributed by atoms with Crippen molar-refractivity contribution in [3.8, 4) is 0 Å². The molecule has 9 heavy (non-hydrogen) atoms. The van der Waals surface area contributed by atoms with Gasteiger partial charge in [0, 0.05) is 4.40 Å². The summed E-state index contributed by atoms with van der Waals surface area (Å²) >= 11 is 0. The van der Waals surface area contributed by atoms with Crippen molar-refractivity contribution >= 4 is 0 Å². The first-order valence-electron chi connectivity index (χ1n) is 5.12. The van der Waals surface area contributed by atoms with Crippen LogP contribution in [-0.2, 0) is 0 Å². The molecule has 0 amide bonds. The van der Waals surface area contributed by atoms with Crippen molar-refractivity contribution in [2.45, 2.75) is 39.5 Å². The predicted molar refractivity (Wildman–Crippen MR) is 46.9 cm³/mol. The van der Waals surface area contributed by atoms with Crippen LogP contribution in [0.1, 0.15) is 43.9 Å². The van der Waals surface area contributed by atoms with Gasteiger partial charge in [0.05, 0.1) is 0 Å². The van der Waals surface area contributed by atoms with Crippen molar-refractivity contribution in [3.05, 3.63) is 0 Å². The van der Waals surface area contributed by atoms with E-state index in [1.807, 2.05) is 0 Å². The highest BCUT2D eigenvalue weighted by Crippen LogP contribution is 1.90. The van der Waals surface area contributed by atoms with Crippen LogP contribution in [0.2, 0.25) is 0 Å². The van der Waals surface area contributed by atoms with Crippen LogP contribution >= 0.6 is 0 Å². The first-order chi connectivity index (χ1) is 5.41. The first-order valence-corrected chi connectivity index (χ1v) is 4.12. The van der Waals surface area contributed by atoms with Crippen molar-refractivity contribution in [3.63, 3.8) is 0 Å². The molecular weight excluding hydrogens is 110 g/mol. The number of unbranched alkanes of at least 4 members (excludes halogenated alkanes) is 2. The average molecular weight is 136 g/mol. The van der Waals surface area contributed by atoms with Gasteiger partial charge in [-0.05, 0) is 25.9 Å². The summed E-state index contributed by atoms with van der Waals surface area (Å²) in [6.07, 6.45) is 5.30. The molecule has 0 aromatic heterocycles. The first kappa shape index (κ1) is 7.07. The molecule has 0 fully saturated rings. The van der Waals surface area contributed by atoms with Crippen LogP contribution in [0.3, 0.4) is 0 Å². The van der Waals surface area contributed by atoms with Gasteiger partial charge in [0.1, 0.15) is 0 Å². The molecule has 0 radical (unpaired) electrons. The third kappa shape index (κ3) is 7.96. The Balaban J connectivity index is -0.000000249. The van der Waals surface area contributed by atoms with E-state index in [1.165, 1.54) is 38.8 Å². The van der Waals surface area contributed by atoms with Gasteiger partial charge in [-0.15, -0.1) is 0 Å². The standard InChI is InChI=1S/C8H19N.2H2/c1-3-5-6-8-9-7-4-2;;/h9H,3-8H2,1-2H3;2*1H/i;1+1D;1+1. The molecule has 0 rings (SSSR count). The van der Waals surface area contributed by atoms with Gasteiger partial charge in [-0.25, -0.2) is 0 Å². The zero-order chi connectivity index (χ0) is 8.95. The summed E-state index contributed by atoms with van der Waals surface area (Å²) in [5.74, 6) is 0. The fourth-order valence-electron chi connectivity index (χ4n) is 0.802. The molecule has 0 unspecified atom stereocenters.